The number of hydrogen-bond acceptors (Lipinski definition) is 8. The number of nitrogens with two attached hydrogens (primary N) is 1. The van der Waals surface area contributed by atoms with Gasteiger partial charge in [0.15, 0.2) is 18.0 Å². The molecular weight excluding hydrogens is 471 g/mol. The third kappa shape index (κ3) is 4.34. The van der Waals surface area contributed by atoms with E-state index in [-0.39, 0.29) is 5.82 Å². The number of aromatic nitrogens is 5. The monoisotopic (exact) mass is 503 g/mol. The Morgan fingerprint density at radius 1 is 1.09 bits per heavy atom. The van der Waals surface area contributed by atoms with Crippen molar-refractivity contribution in [1.29, 1.82) is 0 Å². The summed E-state index contributed by atoms with van der Waals surface area (Å²) in [6, 6.07) is 3.73. The Morgan fingerprint density at radius 2 is 1.74 bits per heavy atom. The lowest BCUT2D eigenvalue weighted by molar-refractivity contribution is 0.0293. The van der Waals surface area contributed by atoms with Crippen molar-refractivity contribution in [2.75, 3.05) is 5.73 Å². The Balaban J connectivity index is 1.67. The zero-order chi connectivity index (χ0) is 24.6. The molecule has 1 fully saturated rings. The molecule has 1 aliphatic rings. The summed E-state index contributed by atoms with van der Waals surface area (Å²) in [5.74, 6) is 0.281. The molecule has 0 amide bonds. The van der Waals surface area contributed by atoms with Gasteiger partial charge in [0.25, 0.3) is 0 Å². The Bertz CT molecular complexity index is 1110. The maximum Gasteiger partial charge on any atom is 0.201 e. The molecule has 8 nitrogen and oxygen atoms in total. The van der Waals surface area contributed by atoms with Crippen molar-refractivity contribution in [3.8, 4) is 0 Å². The molecule has 4 rings (SSSR count). The zero-order valence-electron chi connectivity index (χ0n) is 20.3. The van der Waals surface area contributed by atoms with Gasteiger partial charge in [0.2, 0.25) is 8.32 Å². The molecule has 0 aromatic carbocycles. The van der Waals surface area contributed by atoms with E-state index in [0.717, 1.165) is 4.90 Å². The van der Waals surface area contributed by atoms with Crippen LogP contribution >= 0.6 is 11.8 Å². The van der Waals surface area contributed by atoms with Crippen LogP contribution < -0.4 is 5.73 Å². The quantitative estimate of drug-likeness (QED) is 0.400. The molecule has 3 aromatic rings. The van der Waals surface area contributed by atoms with Gasteiger partial charge >= 0.3 is 0 Å². The smallest absolute Gasteiger partial charge is 0.201 e. The van der Waals surface area contributed by atoms with Crippen LogP contribution in [-0.2, 0) is 9.16 Å². The predicted octanol–water partition coefficient (Wildman–Crippen LogP) is 5.54. The standard InChI is InChI=1S/C23H32FN6O2SSi/c1-13(2)34(14(3)4,15(5)6)32-17-11-31-23(19(17)24)30-21-18(20(25)27-12-28-21)22(29-30)33-16-7-9-26-10-8-16/h7-15,17,19,23H,1-6H3,(H2,25,27,28)/t17-,19?,23-/m1/s1. The fraction of sp³-hybridized carbons (Fsp3) is 0.522. The summed E-state index contributed by atoms with van der Waals surface area (Å²) in [7, 11) is -2.31. The second-order valence-electron chi connectivity index (χ2n) is 9.50. The first kappa shape index (κ1) is 25.0. The van der Waals surface area contributed by atoms with Crippen LogP contribution in [0.2, 0.25) is 16.6 Å². The number of anilines is 1. The number of rotatable bonds is 8. The van der Waals surface area contributed by atoms with E-state index >= 15 is 4.39 Å². The molecule has 0 aliphatic carbocycles. The number of hydrogen-bond donors (Lipinski definition) is 1. The third-order valence-electron chi connectivity index (χ3n) is 6.58. The Labute approximate surface area is 205 Å². The Hall–Kier alpha value is -2.08. The van der Waals surface area contributed by atoms with Gasteiger partial charge in [-0.05, 0) is 28.8 Å². The average molecular weight is 504 g/mol. The van der Waals surface area contributed by atoms with Crippen LogP contribution in [0.4, 0.5) is 10.2 Å². The summed E-state index contributed by atoms with van der Waals surface area (Å²) in [5.41, 5.74) is 7.58. The first-order valence-corrected chi connectivity index (χ1v) is 14.5. The van der Waals surface area contributed by atoms with E-state index in [1.807, 2.05) is 12.1 Å². The van der Waals surface area contributed by atoms with Gasteiger partial charge in [-0.2, -0.15) is 5.10 Å². The normalized spacial score (nSPS) is 21.4. The van der Waals surface area contributed by atoms with Crippen LogP contribution in [0.1, 0.15) is 47.8 Å². The number of nitrogens with zero attached hydrogens (tertiary/aromatic N) is 5. The lowest BCUT2D eigenvalue weighted by Crippen LogP contribution is -2.51. The van der Waals surface area contributed by atoms with Crippen molar-refractivity contribution in [1.82, 2.24) is 24.7 Å². The van der Waals surface area contributed by atoms with Crippen molar-refractivity contribution < 1.29 is 13.6 Å². The van der Waals surface area contributed by atoms with E-state index < -0.39 is 26.8 Å². The summed E-state index contributed by atoms with van der Waals surface area (Å²) >= 11 is 1.39. The largest absolute Gasteiger partial charge is 0.407 e. The lowest BCUT2D eigenvalue weighted by atomic mass is 10.2. The van der Waals surface area contributed by atoms with E-state index in [0.29, 0.717) is 32.7 Å². The minimum absolute atomic E-state index is 0.281. The maximum atomic E-state index is 15.9. The predicted molar refractivity (Wildman–Crippen MR) is 133 cm³/mol. The summed E-state index contributed by atoms with van der Waals surface area (Å²) < 4.78 is 29.9. The van der Waals surface area contributed by atoms with Crippen molar-refractivity contribution in [3.05, 3.63) is 37.5 Å². The molecule has 3 atom stereocenters. The van der Waals surface area contributed by atoms with E-state index in [1.165, 1.54) is 29.4 Å². The molecule has 11 heteroatoms. The number of nitrogen functional groups attached to an aromatic ring is 1. The fourth-order valence-electron chi connectivity index (χ4n) is 5.13. The molecule has 3 aromatic heterocycles. The van der Waals surface area contributed by atoms with Crippen molar-refractivity contribution in [2.45, 2.75) is 86.6 Å². The van der Waals surface area contributed by atoms with Crippen molar-refractivity contribution in [2.24, 2.45) is 0 Å². The maximum absolute atomic E-state index is 15.9. The van der Waals surface area contributed by atoms with Gasteiger partial charge in [0, 0.05) is 17.3 Å². The number of pyridine rings is 1. The summed E-state index contributed by atoms with van der Waals surface area (Å²) in [4.78, 5) is 13.4. The van der Waals surface area contributed by atoms with Gasteiger partial charge in [-0.3, -0.25) is 4.98 Å². The highest BCUT2D eigenvalue weighted by Crippen LogP contribution is 2.46. The van der Waals surface area contributed by atoms with E-state index in [9.17, 15) is 0 Å². The van der Waals surface area contributed by atoms with Crippen LogP contribution in [-0.4, -0.2) is 45.3 Å². The number of ether oxygens (including phenoxy) is 1. The highest BCUT2D eigenvalue weighted by Gasteiger charge is 2.51. The van der Waals surface area contributed by atoms with E-state index in [2.05, 4.69) is 61.6 Å². The minimum atomic E-state index is -2.31. The average Bonchev–Trinajstić information content (AvgIpc) is 3.32. The number of fused-ring (bicyclic) bond motifs is 1. The van der Waals surface area contributed by atoms with Crippen LogP contribution in [0.5, 0.6) is 0 Å². The van der Waals surface area contributed by atoms with Crippen LogP contribution in [0, 0.1) is 6.61 Å². The van der Waals surface area contributed by atoms with Crippen LogP contribution in [0.25, 0.3) is 11.0 Å². The van der Waals surface area contributed by atoms with Gasteiger partial charge in [0.05, 0.1) is 5.39 Å². The van der Waals surface area contributed by atoms with Gasteiger partial charge < -0.3 is 14.9 Å². The molecule has 0 bridgehead atoms. The van der Waals surface area contributed by atoms with Crippen molar-refractivity contribution >= 4 is 36.9 Å². The lowest BCUT2D eigenvalue weighted by Gasteiger charge is -2.44. The molecule has 1 saturated heterocycles. The van der Waals surface area contributed by atoms with E-state index in [4.69, 9.17) is 14.9 Å². The van der Waals surface area contributed by atoms with Crippen LogP contribution in [0.3, 0.4) is 0 Å². The summed E-state index contributed by atoms with van der Waals surface area (Å²) in [6.07, 6.45) is 1.52. The minimum Gasteiger partial charge on any atom is -0.407 e. The van der Waals surface area contributed by atoms with Gasteiger partial charge in [-0.25, -0.2) is 19.0 Å². The molecule has 0 saturated carbocycles. The Morgan fingerprint density at radius 3 is 2.35 bits per heavy atom. The highest BCUT2D eigenvalue weighted by atomic mass is 32.2. The SMILES string of the molecule is CC(C)[Si](O[C@@H]1[CH]O[C@@H](n2nc(Sc3ccncc3)c3c(N)ncnc32)C1F)(C(C)C)C(C)C. The molecule has 4 heterocycles. The molecule has 1 radical (unpaired) electrons. The highest BCUT2D eigenvalue weighted by molar-refractivity contribution is 7.99. The van der Waals surface area contributed by atoms with Crippen molar-refractivity contribution in [3.63, 3.8) is 0 Å². The molecular formula is C23H32FN6O2SSi. The summed E-state index contributed by atoms with van der Waals surface area (Å²) in [5, 5.41) is 5.81. The molecule has 2 N–H and O–H groups in total. The van der Waals surface area contributed by atoms with Gasteiger partial charge in [0.1, 0.15) is 29.9 Å². The van der Waals surface area contributed by atoms with Gasteiger partial charge in [-0.1, -0.05) is 53.3 Å². The Kier molecular flexibility index (Phi) is 7.27. The molecule has 183 valence electrons. The van der Waals surface area contributed by atoms with E-state index in [1.54, 1.807) is 12.4 Å². The first-order valence-electron chi connectivity index (χ1n) is 11.5. The molecule has 1 unspecified atom stereocenters. The number of halogens is 1. The second-order valence-corrected chi connectivity index (χ2v) is 16.0. The molecule has 34 heavy (non-hydrogen) atoms. The molecule has 1 aliphatic heterocycles. The van der Waals surface area contributed by atoms with Gasteiger partial charge in [-0.15, -0.1) is 0 Å². The summed E-state index contributed by atoms with van der Waals surface area (Å²) in [6.45, 7) is 14.5. The zero-order valence-corrected chi connectivity index (χ0v) is 22.2. The van der Waals surface area contributed by atoms with Crippen LogP contribution in [0.15, 0.2) is 40.8 Å². The first-order chi connectivity index (χ1) is 16.2. The second kappa shape index (κ2) is 9.88. The fourth-order valence-corrected chi connectivity index (χ4v) is 11.5. The molecule has 0 spiro atoms. The third-order valence-corrected chi connectivity index (χ3v) is 13.7. The number of alkyl halides is 1. The topological polar surface area (TPSA) is 101 Å².